The first kappa shape index (κ1) is 73.3. The van der Waals surface area contributed by atoms with Crippen LogP contribution in [0.25, 0.3) is 0 Å². The van der Waals surface area contributed by atoms with Crippen molar-refractivity contribution in [2.45, 2.75) is 394 Å². The van der Waals surface area contributed by atoms with E-state index in [0.29, 0.717) is 55.9 Å². The normalized spacial score (nSPS) is 13.4. The quantitative estimate of drug-likeness (QED) is 0.0334. The fourth-order valence-electron chi connectivity index (χ4n) is 10.4. The van der Waals surface area contributed by atoms with Crippen LogP contribution in [0.2, 0.25) is 0 Å². The van der Waals surface area contributed by atoms with Gasteiger partial charge in [-0.05, 0) is 99.3 Å². The molecule has 0 aromatic heterocycles. The molecule has 0 aliphatic rings. The summed E-state index contributed by atoms with van der Waals surface area (Å²) in [6.07, 6.45) is 51.9. The first-order valence-electron chi connectivity index (χ1n) is 32.9. The fraction of sp³-hybridized carbons (Fsp3) is 0.955. The molecule has 75 heavy (non-hydrogen) atoms. The molecule has 0 aromatic rings. The predicted molar refractivity (Wildman–Crippen MR) is 317 cm³/mol. The third-order valence-corrected chi connectivity index (χ3v) is 14.7. The first-order chi connectivity index (χ1) is 36.4. The lowest BCUT2D eigenvalue weighted by atomic mass is 10.0. The standard InChI is InChI=1S/C66H128O9/c1-10-13-16-37-46-60(72-57(4)5)49-40-31-25-19-22-28-34-43-52-64(67)70-55-63(75-66(69)54-45-36-30-24-21-27-33-42-51-62(74-59(8)9)48-39-18-15-12-3)56-71-65(68)53-44-35-29-23-20-26-32-41-50-61(73-58(6)7)47-38-17-14-11-2/h57-63H,10-56H2,1-9H3. The molecule has 0 N–H and O–H groups in total. The zero-order valence-corrected chi connectivity index (χ0v) is 51.4. The molecule has 0 aliphatic carbocycles. The molecule has 0 radical (unpaired) electrons. The van der Waals surface area contributed by atoms with Gasteiger partial charge in [-0.15, -0.1) is 0 Å². The van der Waals surface area contributed by atoms with Crippen molar-refractivity contribution in [1.29, 1.82) is 0 Å². The minimum atomic E-state index is -0.797. The molecule has 0 heterocycles. The molecule has 0 saturated heterocycles. The molecule has 0 aliphatic heterocycles. The van der Waals surface area contributed by atoms with Crippen LogP contribution >= 0.6 is 0 Å². The topological polar surface area (TPSA) is 107 Å². The van der Waals surface area contributed by atoms with E-state index in [-0.39, 0.29) is 31.1 Å². The van der Waals surface area contributed by atoms with Gasteiger partial charge in [0.05, 0.1) is 36.6 Å². The van der Waals surface area contributed by atoms with Crippen LogP contribution in [0.4, 0.5) is 0 Å². The van der Waals surface area contributed by atoms with Crippen molar-refractivity contribution < 1.29 is 42.8 Å². The van der Waals surface area contributed by atoms with E-state index in [2.05, 4.69) is 62.3 Å². The predicted octanol–water partition coefficient (Wildman–Crippen LogP) is 20.0. The Morgan fingerprint density at radius 2 is 0.480 bits per heavy atom. The van der Waals surface area contributed by atoms with Gasteiger partial charge in [0, 0.05) is 19.3 Å². The number of unbranched alkanes of at least 4 members (excludes halogenated alkanes) is 30. The Morgan fingerprint density at radius 1 is 0.267 bits per heavy atom. The minimum Gasteiger partial charge on any atom is -0.462 e. The number of carbonyl (C=O) groups excluding carboxylic acids is 3. The van der Waals surface area contributed by atoms with Crippen LogP contribution in [0.15, 0.2) is 0 Å². The summed E-state index contributed by atoms with van der Waals surface area (Å²) in [5, 5.41) is 0. The van der Waals surface area contributed by atoms with Crippen molar-refractivity contribution in [2.75, 3.05) is 13.2 Å². The van der Waals surface area contributed by atoms with Crippen molar-refractivity contribution in [2.24, 2.45) is 0 Å². The summed E-state index contributed by atoms with van der Waals surface area (Å²) in [6.45, 7) is 19.5. The van der Waals surface area contributed by atoms with E-state index in [1.54, 1.807) is 0 Å². The Labute approximate surface area is 466 Å². The van der Waals surface area contributed by atoms with Crippen LogP contribution in [-0.2, 0) is 42.8 Å². The highest BCUT2D eigenvalue weighted by Gasteiger charge is 2.20. The smallest absolute Gasteiger partial charge is 0.306 e. The second kappa shape index (κ2) is 55.6. The number of esters is 3. The van der Waals surface area contributed by atoms with E-state index >= 15 is 0 Å². The van der Waals surface area contributed by atoms with E-state index in [1.807, 2.05) is 0 Å². The van der Waals surface area contributed by atoms with Crippen molar-refractivity contribution >= 4 is 17.9 Å². The van der Waals surface area contributed by atoms with Gasteiger partial charge in [-0.3, -0.25) is 14.4 Å². The monoisotopic (exact) mass is 1060 g/mol. The number of ether oxygens (including phenoxy) is 6. The van der Waals surface area contributed by atoms with Crippen LogP contribution in [-0.4, -0.2) is 73.8 Å². The molecule has 3 atom stereocenters. The van der Waals surface area contributed by atoms with E-state index in [4.69, 9.17) is 28.4 Å². The van der Waals surface area contributed by atoms with Gasteiger partial charge in [0.2, 0.25) is 0 Å². The number of hydrogen-bond donors (Lipinski definition) is 0. The third-order valence-electron chi connectivity index (χ3n) is 14.7. The van der Waals surface area contributed by atoms with E-state index in [1.165, 1.54) is 212 Å². The van der Waals surface area contributed by atoms with Crippen LogP contribution in [0.3, 0.4) is 0 Å². The summed E-state index contributed by atoms with van der Waals surface area (Å²) in [5.41, 5.74) is 0. The van der Waals surface area contributed by atoms with Gasteiger partial charge >= 0.3 is 17.9 Å². The largest absolute Gasteiger partial charge is 0.462 e. The van der Waals surface area contributed by atoms with Gasteiger partial charge in [-0.25, -0.2) is 0 Å². The molecule has 9 heteroatoms. The van der Waals surface area contributed by atoms with Gasteiger partial charge in [0.15, 0.2) is 6.10 Å². The van der Waals surface area contributed by atoms with E-state index < -0.39 is 6.10 Å². The second-order valence-corrected chi connectivity index (χ2v) is 23.5. The summed E-state index contributed by atoms with van der Waals surface area (Å²) in [5.74, 6) is -0.899. The second-order valence-electron chi connectivity index (χ2n) is 23.5. The lowest BCUT2D eigenvalue weighted by Crippen LogP contribution is -2.30. The molecule has 0 aromatic carbocycles. The summed E-state index contributed by atoms with van der Waals surface area (Å²) in [7, 11) is 0. The van der Waals surface area contributed by atoms with Crippen LogP contribution in [0, 0.1) is 0 Å². The average molecular weight is 1070 g/mol. The average Bonchev–Trinajstić information content (AvgIpc) is 3.37. The maximum absolute atomic E-state index is 13.0. The lowest BCUT2D eigenvalue weighted by molar-refractivity contribution is -0.167. The first-order valence-corrected chi connectivity index (χ1v) is 32.9. The van der Waals surface area contributed by atoms with Gasteiger partial charge in [0.25, 0.3) is 0 Å². The Balaban J connectivity index is 4.67. The highest BCUT2D eigenvalue weighted by atomic mass is 16.6. The Morgan fingerprint density at radius 3 is 0.720 bits per heavy atom. The molecule has 0 spiro atoms. The Kier molecular flexibility index (Phi) is 54.3. The van der Waals surface area contributed by atoms with E-state index in [0.717, 1.165) is 57.8 Å². The molecule has 3 unspecified atom stereocenters. The third kappa shape index (κ3) is 54.0. The Bertz CT molecular complexity index is 1160. The molecule has 9 nitrogen and oxygen atoms in total. The molecular formula is C66H128O9. The zero-order valence-electron chi connectivity index (χ0n) is 51.4. The summed E-state index contributed by atoms with van der Waals surface area (Å²) < 4.78 is 35.7. The summed E-state index contributed by atoms with van der Waals surface area (Å²) in [6, 6.07) is 0. The van der Waals surface area contributed by atoms with Crippen molar-refractivity contribution in [1.82, 2.24) is 0 Å². The van der Waals surface area contributed by atoms with Crippen LogP contribution in [0.5, 0.6) is 0 Å². The summed E-state index contributed by atoms with van der Waals surface area (Å²) >= 11 is 0. The van der Waals surface area contributed by atoms with Gasteiger partial charge in [0.1, 0.15) is 13.2 Å². The van der Waals surface area contributed by atoms with Gasteiger partial charge in [-0.2, -0.15) is 0 Å². The van der Waals surface area contributed by atoms with Crippen LogP contribution < -0.4 is 0 Å². The van der Waals surface area contributed by atoms with Crippen molar-refractivity contribution in [3.05, 3.63) is 0 Å². The molecule has 0 saturated carbocycles. The highest BCUT2D eigenvalue weighted by Crippen LogP contribution is 2.22. The van der Waals surface area contributed by atoms with Gasteiger partial charge in [-0.1, -0.05) is 233 Å². The fourth-order valence-corrected chi connectivity index (χ4v) is 10.4. The van der Waals surface area contributed by atoms with Crippen molar-refractivity contribution in [3.8, 4) is 0 Å². The summed E-state index contributed by atoms with van der Waals surface area (Å²) in [4.78, 5) is 38.6. The SMILES string of the molecule is CCCCCCC(CCCCCCCCCCC(=O)OCC(COC(=O)CCCCCCCCCCC(CCCCCC)OC(C)C)OC(=O)CCCCCCCCCCC(CCCCCC)OC(C)C)OC(C)C. The molecule has 0 amide bonds. The minimum absolute atomic E-state index is 0.0901. The lowest BCUT2D eigenvalue weighted by Gasteiger charge is -2.20. The zero-order chi connectivity index (χ0) is 55.3. The number of hydrogen-bond acceptors (Lipinski definition) is 9. The molecule has 446 valence electrons. The Hall–Kier alpha value is -1.71. The highest BCUT2D eigenvalue weighted by molar-refractivity contribution is 5.71. The maximum atomic E-state index is 13.0. The van der Waals surface area contributed by atoms with Gasteiger partial charge < -0.3 is 28.4 Å². The molecule has 0 rings (SSSR count). The van der Waals surface area contributed by atoms with E-state index in [9.17, 15) is 14.4 Å². The number of rotatable bonds is 59. The molecular weight excluding hydrogens is 937 g/mol. The molecule has 0 bridgehead atoms. The maximum Gasteiger partial charge on any atom is 0.306 e. The van der Waals surface area contributed by atoms with Crippen molar-refractivity contribution in [3.63, 3.8) is 0 Å². The number of carbonyl (C=O) groups is 3. The van der Waals surface area contributed by atoms with Crippen LogP contribution in [0.1, 0.15) is 351 Å². The molecule has 0 fully saturated rings.